The van der Waals surface area contributed by atoms with Gasteiger partial charge >= 0.3 is 0 Å². The molecule has 0 saturated carbocycles. The van der Waals surface area contributed by atoms with Crippen LogP contribution in [0.1, 0.15) is 30.0 Å². The van der Waals surface area contributed by atoms with Gasteiger partial charge in [0.25, 0.3) is 5.89 Å². The third-order valence-corrected chi connectivity index (χ3v) is 6.91. The van der Waals surface area contributed by atoms with Gasteiger partial charge < -0.3 is 14.6 Å². The Morgan fingerprint density at radius 2 is 1.94 bits per heavy atom. The molecule has 1 aliphatic heterocycles. The Hall–Kier alpha value is -3.56. The van der Waals surface area contributed by atoms with E-state index in [1.165, 1.54) is 17.4 Å². The smallest absolute Gasteiger partial charge is 0.258 e. The SMILES string of the molecule is COc1ccc(C2NC(=S)N(c3ccc(C)c(F)c3)C(C)=C2c2nc(-c3cccs3)no2)cc1. The van der Waals surface area contributed by atoms with E-state index in [-0.39, 0.29) is 11.9 Å². The molecule has 172 valence electrons. The zero-order valence-corrected chi connectivity index (χ0v) is 20.3. The molecular formula is C25H21FN4O2S2. The molecule has 2 aromatic heterocycles. The van der Waals surface area contributed by atoms with E-state index in [4.69, 9.17) is 21.5 Å². The number of methoxy groups -OCH3 is 1. The van der Waals surface area contributed by atoms with Crippen LogP contribution < -0.4 is 15.0 Å². The summed E-state index contributed by atoms with van der Waals surface area (Å²) >= 11 is 7.27. The molecule has 0 aliphatic carbocycles. The maximum absolute atomic E-state index is 14.4. The molecule has 0 radical (unpaired) electrons. The summed E-state index contributed by atoms with van der Waals surface area (Å²) in [5, 5.41) is 9.99. The average Bonchev–Trinajstić information content (AvgIpc) is 3.53. The lowest BCUT2D eigenvalue weighted by Crippen LogP contribution is -2.46. The largest absolute Gasteiger partial charge is 0.497 e. The topological polar surface area (TPSA) is 63.4 Å². The molecule has 1 unspecified atom stereocenters. The lowest BCUT2D eigenvalue weighted by Gasteiger charge is -2.37. The maximum atomic E-state index is 14.4. The number of hydrogen-bond acceptors (Lipinski definition) is 6. The quantitative estimate of drug-likeness (QED) is 0.337. The third-order valence-electron chi connectivity index (χ3n) is 5.75. The number of halogens is 1. The Kier molecular flexibility index (Phi) is 5.89. The third kappa shape index (κ3) is 3.97. The number of thiophene rings is 1. The average molecular weight is 493 g/mol. The van der Waals surface area contributed by atoms with E-state index in [1.807, 2.05) is 54.8 Å². The predicted molar refractivity (Wildman–Crippen MR) is 135 cm³/mol. The predicted octanol–water partition coefficient (Wildman–Crippen LogP) is 6.12. The summed E-state index contributed by atoms with van der Waals surface area (Å²) in [6.07, 6.45) is 0. The van der Waals surface area contributed by atoms with Gasteiger partial charge in [0.15, 0.2) is 5.11 Å². The molecule has 0 spiro atoms. The highest BCUT2D eigenvalue weighted by Gasteiger charge is 2.35. The van der Waals surface area contributed by atoms with Crippen LogP contribution in [0.4, 0.5) is 10.1 Å². The Bertz CT molecular complexity index is 1380. The monoisotopic (exact) mass is 492 g/mol. The molecular weight excluding hydrogens is 471 g/mol. The van der Waals surface area contributed by atoms with Gasteiger partial charge in [-0.05, 0) is 72.9 Å². The van der Waals surface area contributed by atoms with Crippen molar-refractivity contribution in [2.24, 2.45) is 0 Å². The van der Waals surface area contributed by atoms with Gasteiger partial charge in [0.05, 0.1) is 29.3 Å². The Labute approximate surface area is 205 Å². The lowest BCUT2D eigenvalue weighted by atomic mass is 9.94. The van der Waals surface area contributed by atoms with Crippen molar-refractivity contribution in [1.82, 2.24) is 15.5 Å². The van der Waals surface area contributed by atoms with E-state index >= 15 is 0 Å². The Morgan fingerprint density at radius 3 is 2.62 bits per heavy atom. The van der Waals surface area contributed by atoms with Crippen molar-refractivity contribution in [3.8, 4) is 16.5 Å². The van der Waals surface area contributed by atoms with Crippen LogP contribution in [0.3, 0.4) is 0 Å². The van der Waals surface area contributed by atoms with E-state index in [0.717, 1.165) is 27.5 Å². The molecule has 5 rings (SSSR count). The number of rotatable bonds is 5. The molecule has 1 N–H and O–H groups in total. The molecule has 0 bridgehead atoms. The Balaban J connectivity index is 1.65. The van der Waals surface area contributed by atoms with E-state index in [9.17, 15) is 4.39 Å². The van der Waals surface area contributed by atoms with Crippen molar-refractivity contribution < 1.29 is 13.7 Å². The van der Waals surface area contributed by atoms with E-state index < -0.39 is 0 Å². The van der Waals surface area contributed by atoms with Gasteiger partial charge in [-0.3, -0.25) is 4.90 Å². The van der Waals surface area contributed by atoms with E-state index in [0.29, 0.717) is 28.1 Å². The molecule has 2 aromatic carbocycles. The minimum absolute atomic E-state index is 0.301. The molecule has 0 amide bonds. The second-order valence-corrected chi connectivity index (χ2v) is 9.16. The Morgan fingerprint density at radius 1 is 1.15 bits per heavy atom. The molecule has 0 fully saturated rings. The maximum Gasteiger partial charge on any atom is 0.258 e. The molecule has 3 heterocycles. The van der Waals surface area contributed by atoms with Crippen LogP contribution in [0, 0.1) is 12.7 Å². The minimum Gasteiger partial charge on any atom is -0.497 e. The molecule has 1 aliphatic rings. The highest BCUT2D eigenvalue weighted by atomic mass is 32.1. The number of benzene rings is 2. The van der Waals surface area contributed by atoms with Crippen molar-refractivity contribution in [3.05, 3.63) is 88.5 Å². The zero-order valence-electron chi connectivity index (χ0n) is 18.7. The van der Waals surface area contributed by atoms with Crippen molar-refractivity contribution in [2.45, 2.75) is 19.9 Å². The fourth-order valence-electron chi connectivity index (χ4n) is 3.94. The van der Waals surface area contributed by atoms with Crippen LogP contribution in [-0.4, -0.2) is 22.4 Å². The summed E-state index contributed by atoms with van der Waals surface area (Å²) in [6, 6.07) is 16.3. The van der Waals surface area contributed by atoms with E-state index in [1.54, 1.807) is 25.0 Å². The second kappa shape index (κ2) is 9.00. The number of aromatic nitrogens is 2. The summed E-state index contributed by atoms with van der Waals surface area (Å²) in [5.74, 6) is 1.33. The first-order chi connectivity index (χ1) is 16.5. The summed E-state index contributed by atoms with van der Waals surface area (Å²) in [5.41, 5.74) is 3.66. The first-order valence-corrected chi connectivity index (χ1v) is 11.8. The van der Waals surface area contributed by atoms with Crippen molar-refractivity contribution >= 4 is 39.9 Å². The fourth-order valence-corrected chi connectivity index (χ4v) is 4.95. The number of hydrogen-bond donors (Lipinski definition) is 1. The number of nitrogens with zero attached hydrogens (tertiary/aromatic N) is 3. The number of ether oxygens (including phenoxy) is 1. The van der Waals surface area contributed by atoms with Gasteiger partial charge in [-0.25, -0.2) is 4.39 Å². The highest BCUT2D eigenvalue weighted by Crippen LogP contribution is 2.40. The number of allylic oxidation sites excluding steroid dienone is 1. The number of aryl methyl sites for hydroxylation is 1. The van der Waals surface area contributed by atoms with Gasteiger partial charge in [0, 0.05) is 5.70 Å². The van der Waals surface area contributed by atoms with Crippen molar-refractivity contribution in [1.29, 1.82) is 0 Å². The van der Waals surface area contributed by atoms with Crippen LogP contribution in [0.15, 0.2) is 70.2 Å². The summed E-state index contributed by atoms with van der Waals surface area (Å²) in [4.78, 5) is 7.39. The summed E-state index contributed by atoms with van der Waals surface area (Å²) in [6.45, 7) is 3.65. The van der Waals surface area contributed by atoms with Gasteiger partial charge in [-0.15, -0.1) is 11.3 Å². The zero-order chi connectivity index (χ0) is 23.8. The first-order valence-electron chi connectivity index (χ1n) is 10.6. The van der Waals surface area contributed by atoms with Crippen LogP contribution in [-0.2, 0) is 0 Å². The molecule has 6 nitrogen and oxygen atoms in total. The number of nitrogens with one attached hydrogen (secondary N) is 1. The standard InChI is InChI=1S/C25H21FN4O2S2/c1-14-6-9-17(13-19(14)26)30-15(2)21(24-28-23(29-32-24)20-5-4-12-34-20)22(27-25(30)33)16-7-10-18(31-3)11-8-16/h4-13,22H,1-3H3,(H,27,33). The molecule has 4 aromatic rings. The molecule has 34 heavy (non-hydrogen) atoms. The van der Waals surface area contributed by atoms with Gasteiger partial charge in [0.2, 0.25) is 5.82 Å². The lowest BCUT2D eigenvalue weighted by molar-refractivity contribution is 0.404. The van der Waals surface area contributed by atoms with Crippen molar-refractivity contribution in [2.75, 3.05) is 12.0 Å². The summed E-state index contributed by atoms with van der Waals surface area (Å²) < 4.78 is 25.5. The van der Waals surface area contributed by atoms with Gasteiger partial charge in [-0.2, -0.15) is 4.98 Å². The molecule has 1 atom stereocenters. The van der Waals surface area contributed by atoms with Crippen LogP contribution in [0.5, 0.6) is 5.75 Å². The van der Waals surface area contributed by atoms with E-state index in [2.05, 4.69) is 15.5 Å². The van der Waals surface area contributed by atoms with Gasteiger partial charge in [-0.1, -0.05) is 29.4 Å². The van der Waals surface area contributed by atoms with Crippen LogP contribution in [0.25, 0.3) is 16.3 Å². The molecule has 9 heteroatoms. The summed E-state index contributed by atoms with van der Waals surface area (Å²) in [7, 11) is 1.63. The van der Waals surface area contributed by atoms with Crippen molar-refractivity contribution in [3.63, 3.8) is 0 Å². The first kappa shape index (κ1) is 22.2. The fraction of sp³-hybridized carbons (Fsp3) is 0.160. The number of anilines is 1. The number of thiocarbonyl (C=S) groups is 1. The normalized spacial score (nSPS) is 16.1. The minimum atomic E-state index is -0.346. The highest BCUT2D eigenvalue weighted by molar-refractivity contribution is 7.80. The van der Waals surface area contributed by atoms with Crippen LogP contribution >= 0.6 is 23.6 Å². The van der Waals surface area contributed by atoms with Gasteiger partial charge in [0.1, 0.15) is 11.6 Å². The molecule has 0 saturated heterocycles. The van der Waals surface area contributed by atoms with Crippen LogP contribution in [0.2, 0.25) is 0 Å². The second-order valence-electron chi connectivity index (χ2n) is 7.82.